The zero-order valence-electron chi connectivity index (χ0n) is 13.1. The molecular formula is C15H25NO4. The van der Waals surface area contributed by atoms with E-state index in [1.54, 1.807) is 20.8 Å². The van der Waals surface area contributed by atoms with Gasteiger partial charge in [-0.05, 0) is 32.6 Å². The number of nitriles is 1. The van der Waals surface area contributed by atoms with Gasteiger partial charge >= 0.3 is 11.9 Å². The van der Waals surface area contributed by atoms with Crippen molar-refractivity contribution in [2.24, 2.45) is 17.3 Å². The van der Waals surface area contributed by atoms with Crippen LogP contribution in [0.25, 0.3) is 0 Å². The number of nitrogens with zero attached hydrogens (tertiary/aromatic N) is 1. The first-order chi connectivity index (χ1) is 9.39. The van der Waals surface area contributed by atoms with Crippen LogP contribution in [-0.2, 0) is 19.1 Å². The third kappa shape index (κ3) is 4.22. The minimum absolute atomic E-state index is 0.0857. The Labute approximate surface area is 121 Å². The van der Waals surface area contributed by atoms with Crippen molar-refractivity contribution in [3.05, 3.63) is 0 Å². The van der Waals surface area contributed by atoms with E-state index in [2.05, 4.69) is 0 Å². The summed E-state index contributed by atoms with van der Waals surface area (Å²) in [6.07, 6.45) is 0.636. The monoisotopic (exact) mass is 283 g/mol. The quantitative estimate of drug-likeness (QED) is 0.640. The lowest BCUT2D eigenvalue weighted by molar-refractivity contribution is -0.166. The Balaban J connectivity index is 5.62. The van der Waals surface area contributed by atoms with Crippen LogP contribution in [0, 0.1) is 28.6 Å². The molecule has 0 rings (SSSR count). The van der Waals surface area contributed by atoms with Crippen LogP contribution in [0.4, 0.5) is 0 Å². The van der Waals surface area contributed by atoms with Crippen molar-refractivity contribution < 1.29 is 19.1 Å². The van der Waals surface area contributed by atoms with Gasteiger partial charge in [0.15, 0.2) is 5.41 Å². The Morgan fingerprint density at radius 2 is 1.70 bits per heavy atom. The van der Waals surface area contributed by atoms with E-state index in [4.69, 9.17) is 9.47 Å². The molecule has 5 heteroatoms. The molecule has 0 N–H and O–H groups in total. The predicted octanol–water partition coefficient (Wildman–Crippen LogP) is 2.69. The maximum atomic E-state index is 12.3. The zero-order chi connectivity index (χ0) is 15.8. The van der Waals surface area contributed by atoms with Crippen molar-refractivity contribution in [3.63, 3.8) is 0 Å². The standard InChI is InChI=1S/C15H25NO4/c1-6-12(13(17)19-7-2)15(10-16,9-11(4)5)14(18)20-8-3/h11-12H,6-9H2,1-5H3. The first kappa shape index (κ1) is 18.4. The molecule has 0 aliphatic rings. The summed E-state index contributed by atoms with van der Waals surface area (Å²) in [5.41, 5.74) is -1.47. The van der Waals surface area contributed by atoms with E-state index in [1.807, 2.05) is 19.9 Å². The average Bonchev–Trinajstić information content (AvgIpc) is 2.38. The topological polar surface area (TPSA) is 76.4 Å². The molecule has 0 aromatic carbocycles. The van der Waals surface area contributed by atoms with Gasteiger partial charge in [-0.1, -0.05) is 20.8 Å². The fraction of sp³-hybridized carbons (Fsp3) is 0.800. The van der Waals surface area contributed by atoms with Gasteiger partial charge in [0, 0.05) is 0 Å². The minimum Gasteiger partial charge on any atom is -0.466 e. The molecule has 0 aliphatic carbocycles. The Hall–Kier alpha value is -1.57. The van der Waals surface area contributed by atoms with Crippen LogP contribution in [0.15, 0.2) is 0 Å². The molecule has 20 heavy (non-hydrogen) atoms. The molecule has 0 radical (unpaired) electrons. The predicted molar refractivity (Wildman–Crippen MR) is 74.5 cm³/mol. The van der Waals surface area contributed by atoms with Gasteiger partial charge in [0.05, 0.1) is 25.2 Å². The molecule has 0 aromatic rings. The number of carbonyl (C=O) groups is 2. The molecule has 5 nitrogen and oxygen atoms in total. The number of ether oxygens (including phenoxy) is 2. The highest BCUT2D eigenvalue weighted by Gasteiger charge is 2.51. The van der Waals surface area contributed by atoms with Gasteiger partial charge in [-0.15, -0.1) is 0 Å². The summed E-state index contributed by atoms with van der Waals surface area (Å²) in [7, 11) is 0. The fourth-order valence-electron chi connectivity index (χ4n) is 2.40. The second kappa shape index (κ2) is 8.57. The van der Waals surface area contributed by atoms with Crippen molar-refractivity contribution in [1.82, 2.24) is 0 Å². The number of hydrogen-bond donors (Lipinski definition) is 0. The zero-order valence-corrected chi connectivity index (χ0v) is 13.1. The van der Waals surface area contributed by atoms with Crippen molar-refractivity contribution in [3.8, 4) is 6.07 Å². The normalized spacial score (nSPS) is 15.1. The van der Waals surface area contributed by atoms with E-state index < -0.39 is 23.3 Å². The summed E-state index contributed by atoms with van der Waals surface area (Å²) in [6.45, 7) is 9.37. The van der Waals surface area contributed by atoms with Gasteiger partial charge in [0.1, 0.15) is 0 Å². The molecular weight excluding hydrogens is 258 g/mol. The van der Waals surface area contributed by atoms with Crippen molar-refractivity contribution in [2.45, 2.75) is 47.5 Å². The first-order valence-corrected chi connectivity index (χ1v) is 7.14. The van der Waals surface area contributed by atoms with Crippen LogP contribution in [0.5, 0.6) is 0 Å². The Kier molecular flexibility index (Phi) is 7.90. The van der Waals surface area contributed by atoms with E-state index in [0.717, 1.165) is 0 Å². The molecule has 2 unspecified atom stereocenters. The summed E-state index contributed by atoms with van der Waals surface area (Å²) < 4.78 is 10.1. The lowest BCUT2D eigenvalue weighted by Gasteiger charge is -2.32. The van der Waals surface area contributed by atoms with E-state index >= 15 is 0 Å². The lowest BCUT2D eigenvalue weighted by atomic mass is 9.70. The van der Waals surface area contributed by atoms with E-state index in [0.29, 0.717) is 6.42 Å². The SMILES string of the molecule is CCOC(=O)C(CC)C(C#N)(CC(C)C)C(=O)OCC. The van der Waals surface area contributed by atoms with Gasteiger partial charge in [0.25, 0.3) is 0 Å². The number of esters is 2. The minimum atomic E-state index is -1.47. The summed E-state index contributed by atoms with van der Waals surface area (Å²) in [4.78, 5) is 24.4. The second-order valence-corrected chi connectivity index (χ2v) is 5.11. The molecule has 0 fully saturated rings. The molecule has 0 saturated carbocycles. The first-order valence-electron chi connectivity index (χ1n) is 7.14. The summed E-state index contributed by atoms with van der Waals surface area (Å²) >= 11 is 0. The molecule has 114 valence electrons. The summed E-state index contributed by atoms with van der Waals surface area (Å²) in [5.74, 6) is -1.85. The highest BCUT2D eigenvalue weighted by molar-refractivity contribution is 5.88. The highest BCUT2D eigenvalue weighted by atomic mass is 16.5. The van der Waals surface area contributed by atoms with E-state index in [-0.39, 0.29) is 25.6 Å². The number of hydrogen-bond acceptors (Lipinski definition) is 5. The van der Waals surface area contributed by atoms with Crippen LogP contribution in [0.3, 0.4) is 0 Å². The van der Waals surface area contributed by atoms with Crippen LogP contribution >= 0.6 is 0 Å². The maximum Gasteiger partial charge on any atom is 0.327 e. The van der Waals surface area contributed by atoms with Crippen molar-refractivity contribution >= 4 is 11.9 Å². The Bertz CT molecular complexity index is 373. The maximum absolute atomic E-state index is 12.3. The molecule has 0 aromatic heterocycles. The molecule has 0 saturated heterocycles. The van der Waals surface area contributed by atoms with Gasteiger partial charge in [-0.3, -0.25) is 9.59 Å². The van der Waals surface area contributed by atoms with Gasteiger partial charge in [-0.2, -0.15) is 5.26 Å². The molecule has 0 aliphatic heterocycles. The Morgan fingerprint density at radius 3 is 2.05 bits per heavy atom. The number of carbonyl (C=O) groups excluding carboxylic acids is 2. The second-order valence-electron chi connectivity index (χ2n) is 5.11. The Morgan fingerprint density at radius 1 is 1.15 bits per heavy atom. The molecule has 0 amide bonds. The van der Waals surface area contributed by atoms with E-state index in [9.17, 15) is 14.9 Å². The van der Waals surface area contributed by atoms with Gasteiger partial charge < -0.3 is 9.47 Å². The lowest BCUT2D eigenvalue weighted by Crippen LogP contribution is -2.44. The molecule has 0 spiro atoms. The summed E-state index contributed by atoms with van der Waals surface area (Å²) in [5, 5.41) is 9.58. The smallest absolute Gasteiger partial charge is 0.327 e. The van der Waals surface area contributed by atoms with Crippen LogP contribution < -0.4 is 0 Å². The molecule has 0 bridgehead atoms. The highest BCUT2D eigenvalue weighted by Crippen LogP contribution is 2.38. The van der Waals surface area contributed by atoms with Crippen LogP contribution in [0.1, 0.15) is 47.5 Å². The largest absolute Gasteiger partial charge is 0.466 e. The molecule has 2 atom stereocenters. The van der Waals surface area contributed by atoms with Gasteiger partial charge in [0.2, 0.25) is 0 Å². The van der Waals surface area contributed by atoms with Gasteiger partial charge in [-0.25, -0.2) is 0 Å². The third-order valence-corrected chi connectivity index (χ3v) is 3.14. The van der Waals surface area contributed by atoms with Crippen molar-refractivity contribution in [1.29, 1.82) is 5.26 Å². The summed E-state index contributed by atoms with van der Waals surface area (Å²) in [6, 6.07) is 2.05. The fourth-order valence-corrected chi connectivity index (χ4v) is 2.40. The van der Waals surface area contributed by atoms with Crippen molar-refractivity contribution in [2.75, 3.05) is 13.2 Å². The number of rotatable bonds is 8. The average molecular weight is 283 g/mol. The van der Waals surface area contributed by atoms with E-state index in [1.165, 1.54) is 0 Å². The molecule has 0 heterocycles. The van der Waals surface area contributed by atoms with Crippen LogP contribution in [-0.4, -0.2) is 25.2 Å². The van der Waals surface area contributed by atoms with Crippen LogP contribution in [0.2, 0.25) is 0 Å². The third-order valence-electron chi connectivity index (χ3n) is 3.14.